The molecule has 0 bridgehead atoms. The van der Waals surface area contributed by atoms with Crippen molar-refractivity contribution in [3.63, 3.8) is 0 Å². The van der Waals surface area contributed by atoms with Gasteiger partial charge in [-0.3, -0.25) is 4.79 Å². The molecule has 0 fully saturated rings. The standard InChI is InChI=1S/C14H16N2OS2/c1-3-4-5-7-15-13(17)12-10(2)16-14(19-12)11-6-8-18-9-11/h3-4,6,8-9H,5,7H2,1-2H3,(H,15,17)/b4-3+. The summed E-state index contributed by atoms with van der Waals surface area (Å²) in [5.41, 5.74) is 1.89. The average Bonchev–Trinajstić information content (AvgIpc) is 3.03. The smallest absolute Gasteiger partial charge is 0.263 e. The van der Waals surface area contributed by atoms with E-state index >= 15 is 0 Å². The molecule has 1 amide bonds. The van der Waals surface area contributed by atoms with Gasteiger partial charge in [-0.25, -0.2) is 4.98 Å². The number of nitrogens with zero attached hydrogens (tertiary/aromatic N) is 1. The number of thiazole rings is 1. The van der Waals surface area contributed by atoms with Crippen LogP contribution in [0.2, 0.25) is 0 Å². The maximum absolute atomic E-state index is 12.0. The number of nitrogens with one attached hydrogen (secondary N) is 1. The molecule has 0 atom stereocenters. The van der Waals surface area contributed by atoms with Crippen LogP contribution in [0.15, 0.2) is 29.0 Å². The number of carbonyl (C=O) groups excluding carboxylic acids is 1. The number of amides is 1. The number of thiophene rings is 1. The van der Waals surface area contributed by atoms with Crippen molar-refractivity contribution in [1.29, 1.82) is 0 Å². The van der Waals surface area contributed by atoms with E-state index < -0.39 is 0 Å². The molecule has 0 radical (unpaired) electrons. The number of allylic oxidation sites excluding steroid dienone is 1. The molecule has 3 nitrogen and oxygen atoms in total. The third-order valence-electron chi connectivity index (χ3n) is 2.60. The van der Waals surface area contributed by atoms with Crippen molar-refractivity contribution in [1.82, 2.24) is 10.3 Å². The van der Waals surface area contributed by atoms with Crippen molar-refractivity contribution in [2.24, 2.45) is 0 Å². The average molecular weight is 292 g/mol. The Bertz CT molecular complexity index is 570. The first-order valence-corrected chi connectivity index (χ1v) is 7.87. The lowest BCUT2D eigenvalue weighted by atomic mass is 10.3. The fraction of sp³-hybridized carbons (Fsp3) is 0.286. The lowest BCUT2D eigenvalue weighted by Gasteiger charge is -2.00. The maximum Gasteiger partial charge on any atom is 0.263 e. The molecule has 19 heavy (non-hydrogen) atoms. The normalized spacial score (nSPS) is 11.1. The van der Waals surface area contributed by atoms with Gasteiger partial charge in [0.25, 0.3) is 5.91 Å². The monoisotopic (exact) mass is 292 g/mol. The highest BCUT2D eigenvalue weighted by Crippen LogP contribution is 2.29. The Morgan fingerprint density at radius 1 is 1.53 bits per heavy atom. The summed E-state index contributed by atoms with van der Waals surface area (Å²) >= 11 is 3.09. The van der Waals surface area contributed by atoms with E-state index in [1.807, 2.05) is 42.8 Å². The van der Waals surface area contributed by atoms with E-state index in [0.29, 0.717) is 11.4 Å². The highest BCUT2D eigenvalue weighted by Gasteiger charge is 2.15. The van der Waals surface area contributed by atoms with Crippen LogP contribution in [-0.4, -0.2) is 17.4 Å². The third-order valence-corrected chi connectivity index (χ3v) is 4.49. The van der Waals surface area contributed by atoms with Gasteiger partial charge >= 0.3 is 0 Å². The number of aromatic nitrogens is 1. The van der Waals surface area contributed by atoms with Gasteiger partial charge in [0.05, 0.1) is 5.69 Å². The molecule has 0 aliphatic carbocycles. The largest absolute Gasteiger partial charge is 0.351 e. The number of rotatable bonds is 5. The van der Waals surface area contributed by atoms with E-state index in [1.54, 1.807) is 11.3 Å². The van der Waals surface area contributed by atoms with Gasteiger partial charge in [-0.1, -0.05) is 12.2 Å². The number of aryl methyl sites for hydroxylation is 1. The van der Waals surface area contributed by atoms with Crippen molar-refractivity contribution >= 4 is 28.6 Å². The molecule has 0 aliphatic heterocycles. The van der Waals surface area contributed by atoms with Crippen molar-refractivity contribution in [2.45, 2.75) is 20.3 Å². The number of hydrogen-bond donors (Lipinski definition) is 1. The molecule has 2 aromatic rings. The van der Waals surface area contributed by atoms with E-state index in [1.165, 1.54) is 11.3 Å². The first kappa shape index (κ1) is 14.0. The Hall–Kier alpha value is -1.46. The molecule has 0 aliphatic rings. The molecule has 0 saturated heterocycles. The van der Waals surface area contributed by atoms with Gasteiger partial charge in [0.2, 0.25) is 0 Å². The molecular formula is C14H16N2OS2. The van der Waals surface area contributed by atoms with Crippen LogP contribution in [0, 0.1) is 6.92 Å². The summed E-state index contributed by atoms with van der Waals surface area (Å²) in [5.74, 6) is -0.0269. The quantitative estimate of drug-likeness (QED) is 0.671. The van der Waals surface area contributed by atoms with Gasteiger partial charge in [-0.15, -0.1) is 11.3 Å². The number of carbonyl (C=O) groups is 1. The highest BCUT2D eigenvalue weighted by molar-refractivity contribution is 7.17. The summed E-state index contributed by atoms with van der Waals surface area (Å²) in [6.45, 7) is 4.52. The van der Waals surface area contributed by atoms with Crippen LogP contribution in [0.5, 0.6) is 0 Å². The van der Waals surface area contributed by atoms with Gasteiger partial charge in [0, 0.05) is 17.5 Å². The van der Waals surface area contributed by atoms with Crippen molar-refractivity contribution in [2.75, 3.05) is 6.54 Å². The van der Waals surface area contributed by atoms with E-state index in [4.69, 9.17) is 0 Å². The van der Waals surface area contributed by atoms with E-state index in [9.17, 15) is 4.79 Å². The second-order valence-electron chi connectivity index (χ2n) is 4.06. The minimum Gasteiger partial charge on any atom is -0.351 e. The molecule has 0 unspecified atom stereocenters. The summed E-state index contributed by atoms with van der Waals surface area (Å²) in [4.78, 5) is 17.2. The van der Waals surface area contributed by atoms with Gasteiger partial charge in [0.1, 0.15) is 9.88 Å². The van der Waals surface area contributed by atoms with E-state index in [0.717, 1.165) is 22.7 Å². The van der Waals surface area contributed by atoms with Crippen LogP contribution >= 0.6 is 22.7 Å². The fourth-order valence-electron chi connectivity index (χ4n) is 1.63. The molecule has 2 heterocycles. The predicted octanol–water partition coefficient (Wildman–Crippen LogP) is 3.88. The minimum atomic E-state index is -0.0269. The Labute approximate surface area is 121 Å². The topological polar surface area (TPSA) is 42.0 Å². The first-order valence-electron chi connectivity index (χ1n) is 6.11. The van der Waals surface area contributed by atoms with E-state index in [2.05, 4.69) is 10.3 Å². The Balaban J connectivity index is 2.06. The van der Waals surface area contributed by atoms with Crippen molar-refractivity contribution in [3.05, 3.63) is 39.5 Å². The molecular weight excluding hydrogens is 276 g/mol. The zero-order valence-electron chi connectivity index (χ0n) is 11.0. The Morgan fingerprint density at radius 2 is 2.37 bits per heavy atom. The summed E-state index contributed by atoms with van der Waals surface area (Å²) in [5, 5.41) is 7.89. The Kier molecular flexibility index (Phi) is 4.87. The zero-order valence-corrected chi connectivity index (χ0v) is 12.6. The van der Waals surface area contributed by atoms with E-state index in [-0.39, 0.29) is 5.91 Å². The minimum absolute atomic E-state index is 0.0269. The summed E-state index contributed by atoms with van der Waals surface area (Å²) < 4.78 is 0. The van der Waals surface area contributed by atoms with Gasteiger partial charge in [-0.2, -0.15) is 11.3 Å². The Morgan fingerprint density at radius 3 is 3.05 bits per heavy atom. The summed E-state index contributed by atoms with van der Waals surface area (Å²) in [6, 6.07) is 2.02. The SMILES string of the molecule is C/C=C/CCNC(=O)c1sc(-c2ccsc2)nc1C. The van der Waals surface area contributed by atoms with Crippen molar-refractivity contribution < 1.29 is 4.79 Å². The maximum atomic E-state index is 12.0. The van der Waals surface area contributed by atoms with Crippen molar-refractivity contribution in [3.8, 4) is 10.6 Å². The van der Waals surface area contributed by atoms with Crippen LogP contribution < -0.4 is 5.32 Å². The van der Waals surface area contributed by atoms with Gasteiger partial charge in [-0.05, 0) is 31.7 Å². The molecule has 1 N–H and O–H groups in total. The second-order valence-corrected chi connectivity index (χ2v) is 5.84. The van der Waals surface area contributed by atoms with Gasteiger partial charge < -0.3 is 5.32 Å². The molecule has 5 heteroatoms. The fourth-order valence-corrected chi connectivity index (χ4v) is 3.33. The third kappa shape index (κ3) is 3.52. The van der Waals surface area contributed by atoms with Crippen LogP contribution in [0.25, 0.3) is 10.6 Å². The lowest BCUT2D eigenvalue weighted by Crippen LogP contribution is -2.23. The first-order chi connectivity index (χ1) is 9.22. The zero-order chi connectivity index (χ0) is 13.7. The predicted molar refractivity (Wildman–Crippen MR) is 81.9 cm³/mol. The van der Waals surface area contributed by atoms with Gasteiger partial charge in [0.15, 0.2) is 0 Å². The molecule has 2 aromatic heterocycles. The molecule has 0 aromatic carbocycles. The second kappa shape index (κ2) is 6.63. The van der Waals surface area contributed by atoms with Crippen LogP contribution in [-0.2, 0) is 0 Å². The highest BCUT2D eigenvalue weighted by atomic mass is 32.1. The van der Waals surface area contributed by atoms with Crippen LogP contribution in [0.1, 0.15) is 28.7 Å². The summed E-state index contributed by atoms with van der Waals surface area (Å²) in [6.07, 6.45) is 4.88. The van der Waals surface area contributed by atoms with Crippen LogP contribution in [0.3, 0.4) is 0 Å². The molecule has 100 valence electrons. The van der Waals surface area contributed by atoms with Crippen LogP contribution in [0.4, 0.5) is 0 Å². The lowest BCUT2D eigenvalue weighted by molar-refractivity contribution is 0.0957. The molecule has 0 spiro atoms. The molecule has 0 saturated carbocycles. The summed E-state index contributed by atoms with van der Waals surface area (Å²) in [7, 11) is 0. The number of hydrogen-bond acceptors (Lipinski definition) is 4. The molecule has 2 rings (SSSR count).